The number of benzene rings is 1. The fourth-order valence-corrected chi connectivity index (χ4v) is 1.90. The van der Waals surface area contributed by atoms with Crippen LogP contribution in [0.1, 0.15) is 33.1 Å². The normalized spacial score (nSPS) is 11.2. The molecule has 0 unspecified atom stereocenters. The Morgan fingerprint density at radius 1 is 1.40 bits per heavy atom. The van der Waals surface area contributed by atoms with Gasteiger partial charge in [-0.2, -0.15) is 0 Å². The van der Waals surface area contributed by atoms with Gasteiger partial charge >= 0.3 is 0 Å². The number of carbonyl (C=O) groups is 1. The summed E-state index contributed by atoms with van der Waals surface area (Å²) in [4.78, 5) is 16.2. The Morgan fingerprint density at radius 2 is 2.20 bits per heavy atom. The first-order valence-corrected chi connectivity index (χ1v) is 7.01. The van der Waals surface area contributed by atoms with E-state index >= 15 is 0 Å². The summed E-state index contributed by atoms with van der Waals surface area (Å²) in [5.41, 5.74) is 2.28. The highest BCUT2D eigenvalue weighted by atomic mass is 16.3. The lowest BCUT2D eigenvalue weighted by Gasteiger charge is -2.08. The van der Waals surface area contributed by atoms with Crippen LogP contribution in [-0.4, -0.2) is 23.5 Å². The highest BCUT2D eigenvalue weighted by Gasteiger charge is 2.07. The van der Waals surface area contributed by atoms with E-state index in [1.165, 1.54) is 0 Å². The van der Waals surface area contributed by atoms with E-state index in [-0.39, 0.29) is 5.91 Å². The molecule has 5 heteroatoms. The summed E-state index contributed by atoms with van der Waals surface area (Å²) in [7, 11) is 0. The number of amides is 1. The predicted molar refractivity (Wildman–Crippen MR) is 79.8 cm³/mol. The smallest absolute Gasteiger partial charge is 0.225 e. The van der Waals surface area contributed by atoms with E-state index < -0.39 is 0 Å². The molecule has 0 aliphatic rings. The van der Waals surface area contributed by atoms with Gasteiger partial charge in [-0.05, 0) is 18.2 Å². The van der Waals surface area contributed by atoms with Crippen LogP contribution >= 0.6 is 0 Å². The molecular formula is C15H21N3O2. The maximum absolute atomic E-state index is 11.8. The van der Waals surface area contributed by atoms with E-state index in [0.29, 0.717) is 24.9 Å². The molecule has 20 heavy (non-hydrogen) atoms. The number of anilines is 1. The molecule has 0 fully saturated rings. The van der Waals surface area contributed by atoms with Crippen molar-refractivity contribution in [3.05, 3.63) is 24.1 Å². The summed E-state index contributed by atoms with van der Waals surface area (Å²) in [5, 5.41) is 6.09. The number of oxazole rings is 1. The van der Waals surface area contributed by atoms with Crippen molar-refractivity contribution in [3.63, 3.8) is 0 Å². The van der Waals surface area contributed by atoms with Gasteiger partial charge in [0.1, 0.15) is 5.52 Å². The summed E-state index contributed by atoms with van der Waals surface area (Å²) >= 11 is 0. The molecular weight excluding hydrogens is 254 g/mol. The largest absolute Gasteiger partial charge is 0.441 e. The van der Waals surface area contributed by atoms with Crippen LogP contribution in [0.3, 0.4) is 0 Å². The fourth-order valence-electron chi connectivity index (χ4n) is 1.90. The number of hydrogen-bond donors (Lipinski definition) is 2. The molecule has 1 aromatic heterocycles. The van der Waals surface area contributed by atoms with Gasteiger partial charge in [0, 0.05) is 31.1 Å². The van der Waals surface area contributed by atoms with Crippen LogP contribution in [0.4, 0.5) is 5.69 Å². The second-order valence-electron chi connectivity index (χ2n) is 5.05. The summed E-state index contributed by atoms with van der Waals surface area (Å²) in [6, 6.07) is 5.90. The van der Waals surface area contributed by atoms with Gasteiger partial charge in [0.05, 0.1) is 0 Å². The van der Waals surface area contributed by atoms with Crippen molar-refractivity contribution >= 4 is 22.7 Å². The number of aromatic nitrogens is 1. The summed E-state index contributed by atoms with van der Waals surface area (Å²) in [5.74, 6) is 0.710. The predicted octanol–water partition coefficient (Wildman–Crippen LogP) is 2.72. The van der Waals surface area contributed by atoms with Crippen molar-refractivity contribution in [3.8, 4) is 0 Å². The molecule has 0 bridgehead atoms. The third kappa shape index (κ3) is 3.81. The maximum Gasteiger partial charge on any atom is 0.225 e. The molecule has 2 rings (SSSR count). The maximum atomic E-state index is 11.8. The van der Waals surface area contributed by atoms with Crippen LogP contribution in [0.25, 0.3) is 11.1 Å². The number of carbonyl (C=O) groups excluding carboxylic acids is 1. The third-order valence-electron chi connectivity index (χ3n) is 2.92. The van der Waals surface area contributed by atoms with Gasteiger partial charge in [-0.1, -0.05) is 20.8 Å². The van der Waals surface area contributed by atoms with Gasteiger partial charge < -0.3 is 15.1 Å². The molecule has 0 aliphatic heterocycles. The Kier molecular flexibility index (Phi) is 4.74. The van der Waals surface area contributed by atoms with Crippen LogP contribution in [0.5, 0.6) is 0 Å². The summed E-state index contributed by atoms with van der Waals surface area (Å²) in [6.07, 6.45) is 1.21. The van der Waals surface area contributed by atoms with Crippen molar-refractivity contribution in [2.24, 2.45) is 0 Å². The molecule has 2 aromatic rings. The zero-order valence-electron chi connectivity index (χ0n) is 12.2. The Morgan fingerprint density at radius 3 is 2.90 bits per heavy atom. The molecule has 1 aromatic carbocycles. The molecule has 5 nitrogen and oxygen atoms in total. The van der Waals surface area contributed by atoms with E-state index in [1.54, 1.807) is 0 Å². The average Bonchev–Trinajstić information content (AvgIpc) is 2.80. The highest BCUT2D eigenvalue weighted by Crippen LogP contribution is 2.20. The third-order valence-corrected chi connectivity index (χ3v) is 2.92. The number of fused-ring (bicyclic) bond motifs is 1. The van der Waals surface area contributed by atoms with Crippen molar-refractivity contribution in [1.82, 2.24) is 10.3 Å². The van der Waals surface area contributed by atoms with Crippen molar-refractivity contribution < 1.29 is 9.21 Å². The van der Waals surface area contributed by atoms with E-state index in [9.17, 15) is 4.79 Å². The first kappa shape index (κ1) is 14.5. The van der Waals surface area contributed by atoms with E-state index in [1.807, 2.05) is 25.1 Å². The fraction of sp³-hybridized carbons (Fsp3) is 0.467. The molecule has 2 N–H and O–H groups in total. The number of nitrogens with one attached hydrogen (secondary N) is 2. The van der Waals surface area contributed by atoms with Crippen molar-refractivity contribution in [1.29, 1.82) is 0 Å². The molecule has 1 heterocycles. The van der Waals surface area contributed by atoms with Gasteiger partial charge in [0.2, 0.25) is 5.91 Å². The molecule has 0 saturated heterocycles. The Bertz CT molecular complexity index is 590. The highest BCUT2D eigenvalue weighted by molar-refractivity contribution is 5.92. The van der Waals surface area contributed by atoms with Crippen LogP contribution in [0.2, 0.25) is 0 Å². The first-order chi connectivity index (χ1) is 9.58. The van der Waals surface area contributed by atoms with Gasteiger partial charge in [0.15, 0.2) is 11.5 Å². The minimum atomic E-state index is -0.00305. The second-order valence-corrected chi connectivity index (χ2v) is 5.05. The lowest BCUT2D eigenvalue weighted by molar-refractivity contribution is -0.116. The van der Waals surface area contributed by atoms with Crippen molar-refractivity contribution in [2.75, 3.05) is 11.9 Å². The number of aryl methyl sites for hydroxylation is 1. The van der Waals surface area contributed by atoms with Gasteiger partial charge in [-0.15, -0.1) is 0 Å². The molecule has 108 valence electrons. The monoisotopic (exact) mass is 275 g/mol. The SMILES string of the molecule is CCc1nc2cc(NC(=O)CCNC(C)C)ccc2o1. The van der Waals surface area contributed by atoms with Crippen LogP contribution < -0.4 is 10.6 Å². The zero-order chi connectivity index (χ0) is 14.5. The molecule has 0 saturated carbocycles. The average molecular weight is 275 g/mol. The van der Waals surface area contributed by atoms with Crippen LogP contribution in [-0.2, 0) is 11.2 Å². The van der Waals surface area contributed by atoms with Crippen LogP contribution in [0, 0.1) is 0 Å². The second kappa shape index (κ2) is 6.52. The topological polar surface area (TPSA) is 67.2 Å². The van der Waals surface area contributed by atoms with Crippen LogP contribution in [0.15, 0.2) is 22.6 Å². The Hall–Kier alpha value is -1.88. The standard InChI is InChI=1S/C15H21N3O2/c1-4-15-18-12-9-11(5-6-13(12)20-15)17-14(19)7-8-16-10(2)3/h5-6,9-10,16H,4,7-8H2,1-3H3,(H,17,19). The molecule has 0 atom stereocenters. The molecule has 1 amide bonds. The minimum absolute atomic E-state index is 0.00305. The van der Waals surface area contributed by atoms with E-state index in [0.717, 1.165) is 23.2 Å². The van der Waals surface area contributed by atoms with Crippen molar-refractivity contribution in [2.45, 2.75) is 39.7 Å². The number of hydrogen-bond acceptors (Lipinski definition) is 4. The molecule has 0 spiro atoms. The van der Waals surface area contributed by atoms with E-state index in [4.69, 9.17) is 4.42 Å². The van der Waals surface area contributed by atoms with Gasteiger partial charge in [0.25, 0.3) is 0 Å². The Labute approximate surface area is 118 Å². The summed E-state index contributed by atoms with van der Waals surface area (Å²) in [6.45, 7) is 6.79. The summed E-state index contributed by atoms with van der Waals surface area (Å²) < 4.78 is 5.53. The number of rotatable bonds is 6. The number of nitrogens with zero attached hydrogens (tertiary/aromatic N) is 1. The van der Waals surface area contributed by atoms with Gasteiger partial charge in [-0.25, -0.2) is 4.98 Å². The lowest BCUT2D eigenvalue weighted by atomic mass is 10.2. The lowest BCUT2D eigenvalue weighted by Crippen LogP contribution is -2.27. The van der Waals surface area contributed by atoms with E-state index in [2.05, 4.69) is 29.5 Å². The minimum Gasteiger partial charge on any atom is -0.441 e. The first-order valence-electron chi connectivity index (χ1n) is 7.01. The quantitative estimate of drug-likeness (QED) is 0.850. The van der Waals surface area contributed by atoms with Gasteiger partial charge in [-0.3, -0.25) is 4.79 Å². The molecule has 0 aliphatic carbocycles. The zero-order valence-corrected chi connectivity index (χ0v) is 12.2. The molecule has 0 radical (unpaired) electrons. The Balaban J connectivity index is 1.97.